The number of nitrogens with zero attached hydrogens (tertiary/aromatic N) is 1. The Morgan fingerprint density at radius 2 is 2.20 bits per heavy atom. The zero-order valence-corrected chi connectivity index (χ0v) is 12.4. The van der Waals surface area contributed by atoms with Crippen LogP contribution in [0, 0.1) is 17.0 Å². The van der Waals surface area contributed by atoms with Crippen molar-refractivity contribution in [3.8, 4) is 0 Å². The van der Waals surface area contributed by atoms with Gasteiger partial charge in [-0.1, -0.05) is 19.1 Å². The van der Waals surface area contributed by atoms with Crippen molar-refractivity contribution in [1.82, 2.24) is 5.32 Å². The van der Waals surface area contributed by atoms with Crippen molar-refractivity contribution in [2.45, 2.75) is 32.9 Å². The van der Waals surface area contributed by atoms with Gasteiger partial charge in [0.05, 0.1) is 4.92 Å². The number of hydrogen-bond acceptors (Lipinski definition) is 4. The SMILES string of the molecule is CCC(NCc1sccc1C)c1cccc([N+](=O)[O-])c1. The molecule has 1 unspecified atom stereocenters. The highest BCUT2D eigenvalue weighted by molar-refractivity contribution is 7.10. The van der Waals surface area contributed by atoms with E-state index in [0.29, 0.717) is 0 Å². The normalized spacial score (nSPS) is 12.3. The van der Waals surface area contributed by atoms with Gasteiger partial charge >= 0.3 is 0 Å². The van der Waals surface area contributed by atoms with E-state index in [0.717, 1.165) is 18.5 Å². The standard InChI is InChI=1S/C15H18N2O2S/c1-3-14(16-10-15-11(2)7-8-20-15)12-5-4-6-13(9-12)17(18)19/h4-9,14,16H,3,10H2,1-2H3. The topological polar surface area (TPSA) is 55.2 Å². The molecule has 0 saturated heterocycles. The van der Waals surface area contributed by atoms with Crippen molar-refractivity contribution >= 4 is 17.0 Å². The molecule has 0 amide bonds. The Balaban J connectivity index is 2.10. The number of thiophene rings is 1. The Morgan fingerprint density at radius 3 is 2.80 bits per heavy atom. The molecule has 0 radical (unpaired) electrons. The van der Waals surface area contributed by atoms with Crippen molar-refractivity contribution in [2.24, 2.45) is 0 Å². The minimum absolute atomic E-state index is 0.136. The summed E-state index contributed by atoms with van der Waals surface area (Å²) in [6.07, 6.45) is 0.894. The summed E-state index contributed by atoms with van der Waals surface area (Å²) in [7, 11) is 0. The Bertz CT molecular complexity index is 595. The van der Waals surface area contributed by atoms with Crippen LogP contribution < -0.4 is 5.32 Å². The second kappa shape index (κ2) is 6.63. The molecule has 1 aromatic carbocycles. The van der Waals surface area contributed by atoms with Crippen LogP contribution in [0.1, 0.15) is 35.4 Å². The summed E-state index contributed by atoms with van der Waals surface area (Å²) >= 11 is 1.73. The fourth-order valence-corrected chi connectivity index (χ4v) is 3.01. The van der Waals surface area contributed by atoms with E-state index >= 15 is 0 Å². The van der Waals surface area contributed by atoms with Gasteiger partial charge in [0.15, 0.2) is 0 Å². The van der Waals surface area contributed by atoms with E-state index < -0.39 is 0 Å². The van der Waals surface area contributed by atoms with Crippen LogP contribution in [0.2, 0.25) is 0 Å². The first-order valence-electron chi connectivity index (χ1n) is 6.62. The summed E-state index contributed by atoms with van der Waals surface area (Å²) in [6, 6.07) is 9.11. The number of aryl methyl sites for hydroxylation is 1. The lowest BCUT2D eigenvalue weighted by atomic mass is 10.0. The molecule has 2 rings (SSSR count). The van der Waals surface area contributed by atoms with E-state index in [9.17, 15) is 10.1 Å². The van der Waals surface area contributed by atoms with Gasteiger partial charge in [0.25, 0.3) is 5.69 Å². The first-order valence-corrected chi connectivity index (χ1v) is 7.50. The molecule has 0 fully saturated rings. The van der Waals surface area contributed by atoms with Gasteiger partial charge in [-0.25, -0.2) is 0 Å². The lowest BCUT2D eigenvalue weighted by Gasteiger charge is -2.17. The highest BCUT2D eigenvalue weighted by Crippen LogP contribution is 2.23. The first-order chi connectivity index (χ1) is 9.61. The molecule has 4 nitrogen and oxygen atoms in total. The average molecular weight is 290 g/mol. The van der Waals surface area contributed by atoms with Gasteiger partial charge in [-0.2, -0.15) is 0 Å². The number of nitro groups is 1. The summed E-state index contributed by atoms with van der Waals surface area (Å²) in [6.45, 7) is 4.98. The van der Waals surface area contributed by atoms with E-state index in [4.69, 9.17) is 0 Å². The van der Waals surface area contributed by atoms with Crippen LogP contribution in [0.25, 0.3) is 0 Å². The first kappa shape index (κ1) is 14.7. The quantitative estimate of drug-likeness (QED) is 0.640. The van der Waals surface area contributed by atoms with E-state index in [1.54, 1.807) is 23.5 Å². The molecule has 0 aliphatic heterocycles. The molecule has 0 aliphatic carbocycles. The van der Waals surface area contributed by atoms with Gasteiger partial charge in [0, 0.05) is 29.6 Å². The zero-order chi connectivity index (χ0) is 14.5. The maximum absolute atomic E-state index is 10.8. The molecule has 5 heteroatoms. The van der Waals surface area contributed by atoms with E-state index in [1.165, 1.54) is 16.5 Å². The average Bonchev–Trinajstić information content (AvgIpc) is 2.85. The van der Waals surface area contributed by atoms with Crippen molar-refractivity contribution in [3.05, 3.63) is 61.8 Å². The van der Waals surface area contributed by atoms with Crippen LogP contribution in [0.4, 0.5) is 5.69 Å². The molecule has 1 aromatic heterocycles. The third-order valence-corrected chi connectivity index (χ3v) is 4.39. The summed E-state index contributed by atoms with van der Waals surface area (Å²) in [5.74, 6) is 0. The third kappa shape index (κ3) is 3.43. The predicted octanol–water partition coefficient (Wildman–Crippen LogP) is 4.21. The number of benzene rings is 1. The van der Waals surface area contributed by atoms with E-state index in [-0.39, 0.29) is 16.7 Å². The molecular weight excluding hydrogens is 272 g/mol. The maximum atomic E-state index is 10.8. The van der Waals surface area contributed by atoms with Crippen LogP contribution in [0.5, 0.6) is 0 Å². The molecule has 0 spiro atoms. The number of nitrogens with one attached hydrogen (secondary N) is 1. The van der Waals surface area contributed by atoms with Gasteiger partial charge < -0.3 is 5.32 Å². The Hall–Kier alpha value is -1.72. The van der Waals surface area contributed by atoms with Crippen LogP contribution >= 0.6 is 11.3 Å². The van der Waals surface area contributed by atoms with Crippen LogP contribution in [-0.2, 0) is 6.54 Å². The zero-order valence-electron chi connectivity index (χ0n) is 11.6. The monoisotopic (exact) mass is 290 g/mol. The molecular formula is C15H18N2O2S. The van der Waals surface area contributed by atoms with E-state index in [2.05, 4.69) is 30.6 Å². The third-order valence-electron chi connectivity index (χ3n) is 3.37. The minimum atomic E-state index is -0.348. The van der Waals surface area contributed by atoms with Gasteiger partial charge in [0.2, 0.25) is 0 Å². The largest absolute Gasteiger partial charge is 0.305 e. The molecule has 0 bridgehead atoms. The summed E-state index contributed by atoms with van der Waals surface area (Å²) in [5, 5.41) is 16.4. The Morgan fingerprint density at radius 1 is 1.40 bits per heavy atom. The van der Waals surface area contributed by atoms with E-state index in [1.807, 2.05) is 6.07 Å². The van der Waals surface area contributed by atoms with Crippen molar-refractivity contribution < 1.29 is 4.92 Å². The molecule has 1 atom stereocenters. The predicted molar refractivity (Wildman–Crippen MR) is 82.0 cm³/mol. The fourth-order valence-electron chi connectivity index (χ4n) is 2.15. The van der Waals surface area contributed by atoms with Gasteiger partial charge in [-0.3, -0.25) is 10.1 Å². The van der Waals surface area contributed by atoms with Crippen molar-refractivity contribution in [3.63, 3.8) is 0 Å². The van der Waals surface area contributed by atoms with Gasteiger partial charge in [0.1, 0.15) is 0 Å². The molecule has 1 N–H and O–H groups in total. The summed E-state index contributed by atoms with van der Waals surface area (Å²) in [5.41, 5.74) is 2.40. The van der Waals surface area contributed by atoms with Gasteiger partial charge in [-0.05, 0) is 35.9 Å². The molecule has 0 saturated carbocycles. The van der Waals surface area contributed by atoms with Gasteiger partial charge in [-0.15, -0.1) is 11.3 Å². The molecule has 0 aliphatic rings. The van der Waals surface area contributed by atoms with Crippen molar-refractivity contribution in [1.29, 1.82) is 0 Å². The van der Waals surface area contributed by atoms with Crippen LogP contribution in [0.3, 0.4) is 0 Å². The highest BCUT2D eigenvalue weighted by Gasteiger charge is 2.13. The minimum Gasteiger partial charge on any atom is -0.305 e. The second-order valence-electron chi connectivity index (χ2n) is 4.72. The summed E-state index contributed by atoms with van der Waals surface area (Å²) in [4.78, 5) is 11.8. The van der Waals surface area contributed by atoms with Crippen LogP contribution in [0.15, 0.2) is 35.7 Å². The number of nitro benzene ring substituents is 1. The fraction of sp³-hybridized carbons (Fsp3) is 0.333. The molecule has 2 aromatic rings. The smallest absolute Gasteiger partial charge is 0.269 e. The van der Waals surface area contributed by atoms with Crippen LogP contribution in [-0.4, -0.2) is 4.92 Å². The Labute approximate surface area is 122 Å². The molecule has 106 valence electrons. The highest BCUT2D eigenvalue weighted by atomic mass is 32.1. The molecule has 1 heterocycles. The number of non-ortho nitro benzene ring substituents is 1. The summed E-state index contributed by atoms with van der Waals surface area (Å²) < 4.78 is 0. The Kier molecular flexibility index (Phi) is 4.87. The molecule has 20 heavy (non-hydrogen) atoms. The second-order valence-corrected chi connectivity index (χ2v) is 5.72. The maximum Gasteiger partial charge on any atom is 0.269 e. The lowest BCUT2D eigenvalue weighted by Crippen LogP contribution is -2.20. The lowest BCUT2D eigenvalue weighted by molar-refractivity contribution is -0.384. The van der Waals surface area contributed by atoms with Crippen molar-refractivity contribution in [2.75, 3.05) is 0 Å². The number of rotatable bonds is 6. The number of hydrogen-bond donors (Lipinski definition) is 1.